The molecule has 2 N–H and O–H groups in total. The van der Waals surface area contributed by atoms with Gasteiger partial charge in [0.1, 0.15) is 5.82 Å². The molecule has 0 radical (unpaired) electrons. The summed E-state index contributed by atoms with van der Waals surface area (Å²) in [4.78, 5) is 13.3. The van der Waals surface area contributed by atoms with Crippen molar-refractivity contribution in [3.63, 3.8) is 0 Å². The largest absolute Gasteiger partial charge is 0.322 e. The van der Waals surface area contributed by atoms with E-state index >= 15 is 0 Å². The average Bonchev–Trinajstić information content (AvgIpc) is 2.18. The van der Waals surface area contributed by atoms with Gasteiger partial charge in [0, 0.05) is 20.1 Å². The van der Waals surface area contributed by atoms with Crippen molar-refractivity contribution in [3.8, 4) is 0 Å². The molecule has 1 aromatic carbocycles. The molecule has 0 saturated carbocycles. The highest BCUT2D eigenvalue weighted by Crippen LogP contribution is 2.13. The highest BCUT2D eigenvalue weighted by atomic mass is 19.1. The Morgan fingerprint density at radius 3 is 2.75 bits per heavy atom. The molecule has 1 heterocycles. The van der Waals surface area contributed by atoms with Crippen molar-refractivity contribution < 1.29 is 9.18 Å². The van der Waals surface area contributed by atoms with Crippen LogP contribution in [-0.2, 0) is 0 Å². The molecule has 0 aliphatic carbocycles. The number of hydrogen-bond donors (Lipinski definition) is 2. The van der Waals surface area contributed by atoms with Crippen molar-refractivity contribution in [2.45, 2.75) is 6.04 Å². The average molecular weight is 223 g/mol. The molecule has 1 aliphatic rings. The Hall–Kier alpha value is -1.62. The number of carbonyl (C=O) groups is 1. The van der Waals surface area contributed by atoms with Crippen LogP contribution in [0.15, 0.2) is 24.3 Å². The van der Waals surface area contributed by atoms with E-state index in [2.05, 4.69) is 10.6 Å². The first kappa shape index (κ1) is 10.9. The van der Waals surface area contributed by atoms with Gasteiger partial charge in [0.25, 0.3) is 0 Å². The van der Waals surface area contributed by atoms with E-state index in [0.717, 1.165) is 13.1 Å². The standard InChI is InChI=1S/C11H14FN3O/c1-15(8-6-13-7-8)11(16)14-10-5-3-2-4-9(10)12/h2-5,8,13H,6-7H2,1H3,(H,14,16). The SMILES string of the molecule is CN(C(=O)Nc1ccccc1F)C1CNC1. The number of anilines is 1. The van der Waals surface area contributed by atoms with E-state index in [4.69, 9.17) is 0 Å². The molecule has 0 bridgehead atoms. The summed E-state index contributed by atoms with van der Waals surface area (Å²) in [6.45, 7) is 1.59. The van der Waals surface area contributed by atoms with E-state index in [1.165, 1.54) is 6.07 Å². The summed E-state index contributed by atoms with van der Waals surface area (Å²) in [5, 5.41) is 5.62. The number of nitrogens with zero attached hydrogens (tertiary/aromatic N) is 1. The number of amides is 2. The van der Waals surface area contributed by atoms with Crippen LogP contribution in [0.3, 0.4) is 0 Å². The fourth-order valence-corrected chi connectivity index (χ4v) is 1.48. The molecule has 1 saturated heterocycles. The van der Waals surface area contributed by atoms with Gasteiger partial charge in [0.2, 0.25) is 0 Å². The van der Waals surface area contributed by atoms with Crippen LogP contribution in [0.25, 0.3) is 0 Å². The molecule has 5 heteroatoms. The van der Waals surface area contributed by atoms with Crippen LogP contribution in [-0.4, -0.2) is 37.1 Å². The predicted molar refractivity (Wildman–Crippen MR) is 59.8 cm³/mol. The number of carbonyl (C=O) groups excluding carboxylic acids is 1. The van der Waals surface area contributed by atoms with E-state index in [9.17, 15) is 9.18 Å². The molecule has 0 aromatic heterocycles. The molecule has 0 unspecified atom stereocenters. The zero-order valence-electron chi connectivity index (χ0n) is 9.03. The third-order valence-corrected chi connectivity index (χ3v) is 2.74. The Bertz CT molecular complexity index is 393. The first-order chi connectivity index (χ1) is 7.68. The van der Waals surface area contributed by atoms with Gasteiger partial charge in [-0.25, -0.2) is 9.18 Å². The minimum atomic E-state index is -0.420. The zero-order valence-corrected chi connectivity index (χ0v) is 9.03. The summed E-state index contributed by atoms with van der Waals surface area (Å²) >= 11 is 0. The molecule has 4 nitrogen and oxygen atoms in total. The summed E-state index contributed by atoms with van der Waals surface area (Å²) in [5.41, 5.74) is 0.214. The molecule has 86 valence electrons. The zero-order chi connectivity index (χ0) is 11.5. The van der Waals surface area contributed by atoms with Gasteiger partial charge in [-0.15, -0.1) is 0 Å². The van der Waals surface area contributed by atoms with Gasteiger partial charge in [-0.2, -0.15) is 0 Å². The van der Waals surface area contributed by atoms with Crippen molar-refractivity contribution in [2.24, 2.45) is 0 Å². The maximum atomic E-state index is 13.3. The first-order valence-corrected chi connectivity index (χ1v) is 5.17. The number of benzene rings is 1. The summed E-state index contributed by atoms with van der Waals surface area (Å²) in [5.74, 6) is -0.420. The molecule has 0 atom stereocenters. The van der Waals surface area contributed by atoms with E-state index in [0.29, 0.717) is 0 Å². The molecule has 1 aliphatic heterocycles. The summed E-state index contributed by atoms with van der Waals surface area (Å²) in [6, 6.07) is 6.05. The number of rotatable bonds is 2. The molecule has 1 fully saturated rings. The van der Waals surface area contributed by atoms with Crippen molar-refractivity contribution >= 4 is 11.7 Å². The molecule has 2 rings (SSSR count). The van der Waals surface area contributed by atoms with Gasteiger partial charge in [-0.05, 0) is 12.1 Å². The smallest absolute Gasteiger partial charge is 0.322 e. The maximum absolute atomic E-state index is 13.3. The predicted octanol–water partition coefficient (Wildman–Crippen LogP) is 1.26. The lowest BCUT2D eigenvalue weighted by molar-refractivity contribution is 0.180. The Morgan fingerprint density at radius 2 is 2.19 bits per heavy atom. The molecule has 1 aromatic rings. The normalized spacial score (nSPS) is 15.4. The highest BCUT2D eigenvalue weighted by molar-refractivity contribution is 5.89. The van der Waals surface area contributed by atoms with E-state index in [-0.39, 0.29) is 17.8 Å². The van der Waals surface area contributed by atoms with Gasteiger partial charge in [-0.1, -0.05) is 12.1 Å². The van der Waals surface area contributed by atoms with Gasteiger partial charge < -0.3 is 15.5 Å². The van der Waals surface area contributed by atoms with Gasteiger partial charge in [0.15, 0.2) is 0 Å². The van der Waals surface area contributed by atoms with E-state index in [1.54, 1.807) is 30.1 Å². The van der Waals surface area contributed by atoms with E-state index in [1.807, 2.05) is 0 Å². The lowest BCUT2D eigenvalue weighted by atomic mass is 10.1. The number of urea groups is 1. The van der Waals surface area contributed by atoms with Crippen molar-refractivity contribution in [2.75, 3.05) is 25.5 Å². The van der Waals surface area contributed by atoms with Crippen LogP contribution < -0.4 is 10.6 Å². The molecule has 0 spiro atoms. The second-order valence-electron chi connectivity index (χ2n) is 3.83. The second-order valence-corrected chi connectivity index (χ2v) is 3.83. The third kappa shape index (κ3) is 2.14. The summed E-state index contributed by atoms with van der Waals surface area (Å²) in [7, 11) is 1.71. The van der Waals surface area contributed by atoms with Crippen LogP contribution in [0.2, 0.25) is 0 Å². The fraction of sp³-hybridized carbons (Fsp3) is 0.364. The monoisotopic (exact) mass is 223 g/mol. The number of hydrogen-bond acceptors (Lipinski definition) is 2. The fourth-order valence-electron chi connectivity index (χ4n) is 1.48. The lowest BCUT2D eigenvalue weighted by Crippen LogP contribution is -2.58. The second kappa shape index (κ2) is 4.49. The summed E-state index contributed by atoms with van der Waals surface area (Å²) in [6.07, 6.45) is 0. The Labute approximate surface area is 93.4 Å². The Kier molecular flexibility index (Phi) is 3.05. The van der Waals surface area contributed by atoms with Crippen LogP contribution in [0.4, 0.5) is 14.9 Å². The van der Waals surface area contributed by atoms with Crippen LogP contribution in [0.5, 0.6) is 0 Å². The lowest BCUT2D eigenvalue weighted by Gasteiger charge is -2.35. The van der Waals surface area contributed by atoms with Gasteiger partial charge in [0.05, 0.1) is 11.7 Å². The molecule has 16 heavy (non-hydrogen) atoms. The van der Waals surface area contributed by atoms with Gasteiger partial charge >= 0.3 is 6.03 Å². The minimum Gasteiger partial charge on any atom is -0.322 e. The maximum Gasteiger partial charge on any atom is 0.322 e. The molecular formula is C11H14FN3O. The van der Waals surface area contributed by atoms with Crippen molar-refractivity contribution in [1.29, 1.82) is 0 Å². The van der Waals surface area contributed by atoms with Crippen molar-refractivity contribution in [1.82, 2.24) is 10.2 Å². The number of halogens is 1. The number of para-hydroxylation sites is 1. The quantitative estimate of drug-likeness (QED) is 0.792. The Balaban J connectivity index is 1.99. The van der Waals surface area contributed by atoms with Crippen LogP contribution in [0, 0.1) is 5.82 Å². The number of likely N-dealkylation sites (N-methyl/N-ethyl adjacent to an activating group) is 1. The van der Waals surface area contributed by atoms with Crippen LogP contribution >= 0.6 is 0 Å². The molecule has 2 amide bonds. The van der Waals surface area contributed by atoms with E-state index < -0.39 is 5.82 Å². The summed E-state index contributed by atoms with van der Waals surface area (Å²) < 4.78 is 13.3. The van der Waals surface area contributed by atoms with Gasteiger partial charge in [-0.3, -0.25) is 0 Å². The first-order valence-electron chi connectivity index (χ1n) is 5.17. The minimum absolute atomic E-state index is 0.201. The van der Waals surface area contributed by atoms with Crippen LogP contribution in [0.1, 0.15) is 0 Å². The third-order valence-electron chi connectivity index (χ3n) is 2.74. The Morgan fingerprint density at radius 1 is 1.50 bits per heavy atom. The van der Waals surface area contributed by atoms with Crippen molar-refractivity contribution in [3.05, 3.63) is 30.1 Å². The highest BCUT2D eigenvalue weighted by Gasteiger charge is 2.25. The molecular weight excluding hydrogens is 209 g/mol. The topological polar surface area (TPSA) is 44.4 Å². The number of nitrogens with one attached hydrogen (secondary N) is 2.